The molecule has 0 aromatic carbocycles. The summed E-state index contributed by atoms with van der Waals surface area (Å²) in [5, 5.41) is 4.30. The zero-order valence-electron chi connectivity index (χ0n) is 8.75. The van der Waals surface area contributed by atoms with E-state index in [2.05, 4.69) is 55.2 Å². The largest absolute Gasteiger partial charge is 0.312 e. The van der Waals surface area contributed by atoms with E-state index >= 15 is 0 Å². The van der Waals surface area contributed by atoms with Crippen molar-refractivity contribution in [2.24, 2.45) is 0 Å². The van der Waals surface area contributed by atoms with Crippen LogP contribution in [0.15, 0.2) is 20.5 Å². The van der Waals surface area contributed by atoms with E-state index < -0.39 is 0 Å². The number of thiazole rings is 1. The van der Waals surface area contributed by atoms with Gasteiger partial charge in [0.15, 0.2) is 0 Å². The highest BCUT2D eigenvalue weighted by Crippen LogP contribution is 2.40. The van der Waals surface area contributed by atoms with E-state index in [9.17, 15) is 0 Å². The van der Waals surface area contributed by atoms with Gasteiger partial charge in [-0.3, -0.25) is 0 Å². The first kappa shape index (κ1) is 12.7. The molecule has 0 bridgehead atoms. The highest BCUT2D eigenvalue weighted by molar-refractivity contribution is 9.13. The highest BCUT2D eigenvalue weighted by Gasteiger charge is 2.12. The molecule has 2 heterocycles. The van der Waals surface area contributed by atoms with Crippen LogP contribution in [0.4, 0.5) is 0 Å². The third kappa shape index (κ3) is 2.56. The molecule has 0 amide bonds. The second-order valence-electron chi connectivity index (χ2n) is 3.31. The average molecular weight is 382 g/mol. The summed E-state index contributed by atoms with van der Waals surface area (Å²) in [4.78, 5) is 6.91. The Morgan fingerprint density at radius 3 is 2.69 bits per heavy atom. The van der Waals surface area contributed by atoms with Gasteiger partial charge in [0.2, 0.25) is 0 Å². The van der Waals surface area contributed by atoms with Crippen LogP contribution in [0.1, 0.15) is 17.8 Å². The Morgan fingerprint density at radius 2 is 2.12 bits per heavy atom. The minimum Gasteiger partial charge on any atom is -0.312 e. The van der Waals surface area contributed by atoms with Crippen LogP contribution in [0.25, 0.3) is 9.88 Å². The second kappa shape index (κ2) is 5.27. The van der Waals surface area contributed by atoms with Crippen molar-refractivity contribution >= 4 is 54.5 Å². The third-order valence-corrected chi connectivity index (χ3v) is 6.84. The predicted octanol–water partition coefficient (Wildman–Crippen LogP) is 4.68. The lowest BCUT2D eigenvalue weighted by Gasteiger charge is -2.04. The molecule has 86 valence electrons. The Kier molecular flexibility index (Phi) is 4.18. The van der Waals surface area contributed by atoms with Crippen LogP contribution in [-0.4, -0.2) is 12.0 Å². The maximum Gasteiger partial charge on any atom is 0.133 e. The van der Waals surface area contributed by atoms with E-state index in [0.717, 1.165) is 13.3 Å². The molecular weight excluding hydrogens is 372 g/mol. The molecule has 2 nitrogen and oxygen atoms in total. The van der Waals surface area contributed by atoms with E-state index in [0.29, 0.717) is 6.04 Å². The number of thiophene rings is 1. The normalized spacial score (nSPS) is 13.0. The minimum absolute atomic E-state index is 0.359. The fourth-order valence-electron chi connectivity index (χ4n) is 1.19. The first-order chi connectivity index (χ1) is 7.61. The molecule has 0 radical (unpaired) electrons. The van der Waals surface area contributed by atoms with Crippen LogP contribution in [-0.2, 0) is 0 Å². The van der Waals surface area contributed by atoms with Gasteiger partial charge < -0.3 is 5.32 Å². The summed E-state index contributed by atoms with van der Waals surface area (Å²) in [5.74, 6) is 0. The summed E-state index contributed by atoms with van der Waals surface area (Å²) in [6, 6.07) is 2.46. The van der Waals surface area contributed by atoms with Crippen LogP contribution in [0.3, 0.4) is 0 Å². The Labute approximate surface area is 119 Å². The van der Waals surface area contributed by atoms with E-state index in [4.69, 9.17) is 0 Å². The lowest BCUT2D eigenvalue weighted by atomic mass is 10.3. The van der Waals surface area contributed by atoms with Gasteiger partial charge in [0.1, 0.15) is 5.01 Å². The Balaban J connectivity index is 2.31. The van der Waals surface area contributed by atoms with Crippen LogP contribution in [0.5, 0.6) is 0 Å². The molecule has 16 heavy (non-hydrogen) atoms. The molecule has 0 aliphatic carbocycles. The molecular formula is C10H10Br2N2S2. The molecule has 0 spiro atoms. The predicted molar refractivity (Wildman–Crippen MR) is 78.3 cm³/mol. The summed E-state index contributed by atoms with van der Waals surface area (Å²) in [6.07, 6.45) is 1.95. The highest BCUT2D eigenvalue weighted by atomic mass is 79.9. The molecule has 1 atom stereocenters. The average Bonchev–Trinajstić information content (AvgIpc) is 2.86. The molecule has 2 rings (SSSR count). The molecule has 0 aliphatic rings. The lowest BCUT2D eigenvalue weighted by Crippen LogP contribution is -2.10. The van der Waals surface area contributed by atoms with Crippen LogP contribution in [0.2, 0.25) is 0 Å². The monoisotopic (exact) mass is 380 g/mol. The third-order valence-electron chi connectivity index (χ3n) is 2.24. The van der Waals surface area contributed by atoms with Gasteiger partial charge in [0.05, 0.1) is 8.66 Å². The Hall–Kier alpha value is 0.250. The summed E-state index contributed by atoms with van der Waals surface area (Å²) in [7, 11) is 1.96. The zero-order chi connectivity index (χ0) is 11.7. The van der Waals surface area contributed by atoms with Gasteiger partial charge in [-0.05, 0) is 51.9 Å². The van der Waals surface area contributed by atoms with Gasteiger partial charge in [-0.15, -0.1) is 22.7 Å². The molecule has 1 N–H and O–H groups in total. The molecule has 6 heteroatoms. The van der Waals surface area contributed by atoms with Gasteiger partial charge in [-0.2, -0.15) is 0 Å². The first-order valence-corrected chi connectivity index (χ1v) is 7.92. The Morgan fingerprint density at radius 1 is 1.38 bits per heavy atom. The van der Waals surface area contributed by atoms with Crippen molar-refractivity contribution in [1.82, 2.24) is 10.3 Å². The first-order valence-electron chi connectivity index (χ1n) is 4.70. The van der Waals surface area contributed by atoms with Gasteiger partial charge in [-0.1, -0.05) is 0 Å². The quantitative estimate of drug-likeness (QED) is 0.834. The second-order valence-corrected chi connectivity index (χ2v) is 7.60. The standard InChI is InChI=1S/C10H10Br2N2S2/c1-5(13-2)8-4-14-10(16-8)7-3-6(11)9(12)15-7/h3-5,13H,1-2H3. The smallest absolute Gasteiger partial charge is 0.133 e. The number of hydrogen-bond donors (Lipinski definition) is 1. The number of rotatable bonds is 3. The van der Waals surface area contributed by atoms with E-state index in [1.54, 1.807) is 22.7 Å². The van der Waals surface area contributed by atoms with Gasteiger partial charge in [-0.25, -0.2) is 4.98 Å². The number of halogens is 2. The summed E-state index contributed by atoms with van der Waals surface area (Å²) in [6.45, 7) is 2.14. The molecule has 0 fully saturated rings. The van der Waals surface area contributed by atoms with Crippen molar-refractivity contribution in [1.29, 1.82) is 0 Å². The van der Waals surface area contributed by atoms with Crippen LogP contribution in [0, 0.1) is 0 Å². The van der Waals surface area contributed by atoms with Gasteiger partial charge in [0, 0.05) is 21.6 Å². The van der Waals surface area contributed by atoms with Gasteiger partial charge in [0.25, 0.3) is 0 Å². The summed E-state index contributed by atoms with van der Waals surface area (Å²) < 4.78 is 2.20. The number of hydrogen-bond acceptors (Lipinski definition) is 4. The summed E-state index contributed by atoms with van der Waals surface area (Å²) >= 11 is 10.4. The molecule has 0 aliphatic heterocycles. The SMILES string of the molecule is CNC(C)c1cnc(-c2cc(Br)c(Br)s2)s1. The van der Waals surface area contributed by atoms with Crippen LogP contribution < -0.4 is 5.32 Å². The van der Waals surface area contributed by atoms with E-state index in [-0.39, 0.29) is 0 Å². The van der Waals surface area contributed by atoms with Crippen molar-refractivity contribution in [3.8, 4) is 9.88 Å². The van der Waals surface area contributed by atoms with Crippen molar-refractivity contribution < 1.29 is 0 Å². The van der Waals surface area contributed by atoms with Crippen LogP contribution >= 0.6 is 54.5 Å². The fourth-order valence-corrected chi connectivity index (χ4v) is 4.26. The molecule has 0 saturated heterocycles. The van der Waals surface area contributed by atoms with Crippen molar-refractivity contribution in [2.75, 3.05) is 7.05 Å². The molecule has 2 aromatic rings. The van der Waals surface area contributed by atoms with E-state index in [1.807, 2.05) is 13.2 Å². The molecule has 0 saturated carbocycles. The maximum atomic E-state index is 4.46. The number of aromatic nitrogens is 1. The number of nitrogens with one attached hydrogen (secondary N) is 1. The minimum atomic E-state index is 0.359. The van der Waals surface area contributed by atoms with Gasteiger partial charge >= 0.3 is 0 Å². The molecule has 1 unspecified atom stereocenters. The topological polar surface area (TPSA) is 24.9 Å². The Bertz CT molecular complexity index is 473. The fraction of sp³-hybridized carbons (Fsp3) is 0.300. The van der Waals surface area contributed by atoms with Crippen molar-refractivity contribution in [3.05, 3.63) is 25.4 Å². The lowest BCUT2D eigenvalue weighted by molar-refractivity contribution is 0.662. The van der Waals surface area contributed by atoms with Crippen molar-refractivity contribution in [3.63, 3.8) is 0 Å². The van der Waals surface area contributed by atoms with Crippen molar-refractivity contribution in [2.45, 2.75) is 13.0 Å². The zero-order valence-corrected chi connectivity index (χ0v) is 13.6. The molecule has 2 aromatic heterocycles. The van der Waals surface area contributed by atoms with E-state index in [1.165, 1.54) is 9.75 Å². The summed E-state index contributed by atoms with van der Waals surface area (Å²) in [5.41, 5.74) is 0. The maximum absolute atomic E-state index is 4.46. The number of nitrogens with zero attached hydrogens (tertiary/aromatic N) is 1.